The van der Waals surface area contributed by atoms with Crippen LogP contribution in [0.1, 0.15) is 26.3 Å². The number of benzene rings is 3. The summed E-state index contributed by atoms with van der Waals surface area (Å²) in [5.74, 6) is -2.31. The number of carbonyl (C=O) groups excluding carboxylic acids is 2. The predicted molar refractivity (Wildman–Crippen MR) is 92.0 cm³/mol. The third-order valence-corrected chi connectivity index (χ3v) is 3.90. The maximum Gasteiger partial charge on any atom is 0.417 e. The minimum Gasteiger partial charge on any atom is -0.507 e. The van der Waals surface area contributed by atoms with Gasteiger partial charge in [0.15, 0.2) is 0 Å². The Morgan fingerprint density at radius 2 is 1.44 bits per heavy atom. The number of hydrogen-bond donors (Lipinski definition) is 3. The van der Waals surface area contributed by atoms with E-state index >= 15 is 0 Å². The zero-order valence-corrected chi connectivity index (χ0v) is 13.7. The molecule has 27 heavy (non-hydrogen) atoms. The minimum atomic E-state index is -4.72. The normalized spacial score (nSPS) is 11.2. The summed E-state index contributed by atoms with van der Waals surface area (Å²) in [7, 11) is 0. The molecule has 3 rings (SSSR count). The van der Waals surface area contributed by atoms with E-state index in [0.29, 0.717) is 10.8 Å². The fourth-order valence-corrected chi connectivity index (χ4v) is 2.67. The van der Waals surface area contributed by atoms with Crippen molar-refractivity contribution in [2.24, 2.45) is 0 Å². The summed E-state index contributed by atoms with van der Waals surface area (Å²) in [6, 6.07) is 13.9. The zero-order chi connectivity index (χ0) is 19.6. The van der Waals surface area contributed by atoms with Gasteiger partial charge in [-0.25, -0.2) is 0 Å². The average molecular weight is 374 g/mol. The number of alkyl halides is 3. The van der Waals surface area contributed by atoms with Gasteiger partial charge in [-0.3, -0.25) is 20.4 Å². The second kappa shape index (κ2) is 6.99. The standard InChI is InChI=1S/C19H13F3N2O3/c20-19(21,22)14-8-4-3-7-13(14)17(26)23-24-18(27)16-12-6-2-1-5-11(12)9-10-15(16)25/h1-10,25H,(H,23,26)(H,24,27). The van der Waals surface area contributed by atoms with Gasteiger partial charge in [-0.15, -0.1) is 0 Å². The highest BCUT2D eigenvalue weighted by molar-refractivity contribution is 6.10. The zero-order valence-electron chi connectivity index (χ0n) is 13.7. The maximum absolute atomic E-state index is 13.0. The topological polar surface area (TPSA) is 78.4 Å². The number of hydrogen-bond acceptors (Lipinski definition) is 3. The summed E-state index contributed by atoms with van der Waals surface area (Å²) >= 11 is 0. The lowest BCUT2D eigenvalue weighted by Crippen LogP contribution is -2.42. The van der Waals surface area contributed by atoms with Crippen molar-refractivity contribution < 1.29 is 27.9 Å². The van der Waals surface area contributed by atoms with Crippen LogP contribution in [0.3, 0.4) is 0 Å². The van der Waals surface area contributed by atoms with Crippen LogP contribution < -0.4 is 10.9 Å². The van der Waals surface area contributed by atoms with Gasteiger partial charge in [-0.05, 0) is 29.0 Å². The highest BCUT2D eigenvalue weighted by Crippen LogP contribution is 2.31. The Morgan fingerprint density at radius 3 is 2.19 bits per heavy atom. The second-order valence-electron chi connectivity index (χ2n) is 5.63. The molecule has 2 amide bonds. The van der Waals surface area contributed by atoms with Crippen molar-refractivity contribution in [1.29, 1.82) is 0 Å². The number of rotatable bonds is 2. The molecule has 3 aromatic rings. The monoisotopic (exact) mass is 374 g/mol. The summed E-state index contributed by atoms with van der Waals surface area (Å²) in [5.41, 5.74) is 2.14. The minimum absolute atomic E-state index is 0.0995. The molecule has 3 aromatic carbocycles. The fourth-order valence-electron chi connectivity index (χ4n) is 2.67. The number of fused-ring (bicyclic) bond motifs is 1. The van der Waals surface area contributed by atoms with E-state index in [4.69, 9.17) is 0 Å². The molecule has 0 saturated carbocycles. The van der Waals surface area contributed by atoms with Crippen LogP contribution in [0.15, 0.2) is 60.7 Å². The van der Waals surface area contributed by atoms with Crippen molar-refractivity contribution in [3.63, 3.8) is 0 Å². The van der Waals surface area contributed by atoms with E-state index in [1.54, 1.807) is 30.3 Å². The first-order valence-corrected chi connectivity index (χ1v) is 7.76. The fraction of sp³-hybridized carbons (Fsp3) is 0.0526. The average Bonchev–Trinajstić information content (AvgIpc) is 2.65. The van der Waals surface area contributed by atoms with E-state index in [9.17, 15) is 27.9 Å². The van der Waals surface area contributed by atoms with Gasteiger partial charge in [0.25, 0.3) is 11.8 Å². The number of carbonyl (C=O) groups is 2. The first kappa shape index (κ1) is 18.2. The van der Waals surface area contributed by atoms with E-state index < -0.39 is 29.1 Å². The van der Waals surface area contributed by atoms with Crippen molar-refractivity contribution in [2.75, 3.05) is 0 Å². The van der Waals surface area contributed by atoms with Crippen molar-refractivity contribution in [3.05, 3.63) is 77.4 Å². The summed E-state index contributed by atoms with van der Waals surface area (Å²) < 4.78 is 39.0. The lowest BCUT2D eigenvalue weighted by atomic mass is 10.0. The number of amides is 2. The molecule has 0 bridgehead atoms. The Kier molecular flexibility index (Phi) is 4.72. The summed E-state index contributed by atoms with van der Waals surface area (Å²) in [6.45, 7) is 0. The molecule has 0 heterocycles. The molecule has 0 fully saturated rings. The van der Waals surface area contributed by atoms with Gasteiger partial charge in [0.2, 0.25) is 0 Å². The Morgan fingerprint density at radius 1 is 0.815 bits per heavy atom. The molecule has 0 radical (unpaired) electrons. The van der Waals surface area contributed by atoms with Crippen LogP contribution >= 0.6 is 0 Å². The third-order valence-electron chi connectivity index (χ3n) is 3.90. The number of halogens is 3. The molecule has 0 aliphatic heterocycles. The highest BCUT2D eigenvalue weighted by atomic mass is 19.4. The van der Waals surface area contributed by atoms with Gasteiger partial charge in [-0.1, -0.05) is 42.5 Å². The summed E-state index contributed by atoms with van der Waals surface area (Å²) in [4.78, 5) is 24.5. The molecule has 3 N–H and O–H groups in total. The van der Waals surface area contributed by atoms with E-state index in [1.165, 1.54) is 12.1 Å². The Labute approximate surface area is 151 Å². The third kappa shape index (κ3) is 3.69. The number of hydrazine groups is 1. The van der Waals surface area contributed by atoms with E-state index in [-0.39, 0.29) is 11.3 Å². The summed E-state index contributed by atoms with van der Waals surface area (Å²) in [6.07, 6.45) is -4.72. The van der Waals surface area contributed by atoms with Gasteiger partial charge in [0, 0.05) is 0 Å². The number of phenolic OH excluding ortho intramolecular Hbond substituents is 1. The van der Waals surface area contributed by atoms with Crippen molar-refractivity contribution in [2.45, 2.75) is 6.18 Å². The van der Waals surface area contributed by atoms with Crippen LogP contribution in [0.25, 0.3) is 10.8 Å². The molecular weight excluding hydrogens is 361 g/mol. The van der Waals surface area contributed by atoms with E-state index in [0.717, 1.165) is 18.2 Å². The van der Waals surface area contributed by atoms with Crippen LogP contribution in [-0.2, 0) is 6.18 Å². The van der Waals surface area contributed by atoms with Gasteiger partial charge in [0.1, 0.15) is 5.75 Å². The van der Waals surface area contributed by atoms with Crippen LogP contribution in [0, 0.1) is 0 Å². The number of phenols is 1. The van der Waals surface area contributed by atoms with Crippen molar-refractivity contribution in [1.82, 2.24) is 10.9 Å². The van der Waals surface area contributed by atoms with Crippen LogP contribution in [0.4, 0.5) is 13.2 Å². The molecule has 0 saturated heterocycles. The van der Waals surface area contributed by atoms with Gasteiger partial charge in [0.05, 0.1) is 16.7 Å². The van der Waals surface area contributed by atoms with Crippen LogP contribution in [-0.4, -0.2) is 16.9 Å². The Hall–Kier alpha value is -3.55. The van der Waals surface area contributed by atoms with Gasteiger partial charge in [-0.2, -0.15) is 13.2 Å². The maximum atomic E-state index is 13.0. The highest BCUT2D eigenvalue weighted by Gasteiger charge is 2.34. The predicted octanol–water partition coefficient (Wildman–Crippen LogP) is 3.64. The molecule has 0 atom stereocenters. The quantitative estimate of drug-likeness (QED) is 0.600. The first-order valence-electron chi connectivity index (χ1n) is 7.76. The summed E-state index contributed by atoms with van der Waals surface area (Å²) in [5, 5.41) is 11.1. The smallest absolute Gasteiger partial charge is 0.417 e. The lowest BCUT2D eigenvalue weighted by Gasteiger charge is -2.14. The first-order chi connectivity index (χ1) is 12.8. The molecule has 138 valence electrons. The molecule has 0 aliphatic rings. The van der Waals surface area contributed by atoms with Crippen molar-refractivity contribution in [3.8, 4) is 5.75 Å². The van der Waals surface area contributed by atoms with Crippen molar-refractivity contribution >= 4 is 22.6 Å². The molecule has 5 nitrogen and oxygen atoms in total. The van der Waals surface area contributed by atoms with E-state index in [1.807, 2.05) is 10.9 Å². The molecule has 8 heteroatoms. The largest absolute Gasteiger partial charge is 0.507 e. The number of aromatic hydroxyl groups is 1. The SMILES string of the molecule is O=C(NNC(=O)c1c(O)ccc2ccccc12)c1ccccc1C(F)(F)F. The molecule has 0 spiro atoms. The lowest BCUT2D eigenvalue weighted by molar-refractivity contribution is -0.137. The number of nitrogens with one attached hydrogen (secondary N) is 2. The second-order valence-corrected chi connectivity index (χ2v) is 5.63. The Balaban J connectivity index is 1.84. The Bertz CT molecular complexity index is 1030. The molecular formula is C19H13F3N2O3. The molecule has 0 aliphatic carbocycles. The van der Waals surface area contributed by atoms with Gasteiger partial charge >= 0.3 is 6.18 Å². The molecule has 0 aromatic heterocycles. The van der Waals surface area contributed by atoms with E-state index in [2.05, 4.69) is 0 Å². The van der Waals surface area contributed by atoms with Crippen LogP contribution in [0.5, 0.6) is 5.75 Å². The van der Waals surface area contributed by atoms with Crippen LogP contribution in [0.2, 0.25) is 0 Å². The van der Waals surface area contributed by atoms with Gasteiger partial charge < -0.3 is 5.11 Å². The molecule has 0 unspecified atom stereocenters.